The summed E-state index contributed by atoms with van der Waals surface area (Å²) in [5.41, 5.74) is 8.22. The molecule has 3 N–H and O–H groups in total. The van der Waals surface area contributed by atoms with Crippen molar-refractivity contribution in [1.29, 1.82) is 0 Å². The number of benzene rings is 1. The van der Waals surface area contributed by atoms with Crippen LogP contribution in [0.2, 0.25) is 0 Å². The fraction of sp³-hybridized carbons (Fsp3) is 0.611. The van der Waals surface area contributed by atoms with Gasteiger partial charge in [0.2, 0.25) is 5.91 Å². The highest BCUT2D eigenvalue weighted by atomic mass is 16.1. The number of nitrogens with one attached hydrogen (secondary N) is 1. The van der Waals surface area contributed by atoms with E-state index in [0.717, 1.165) is 37.9 Å². The first-order valence-corrected chi connectivity index (χ1v) is 8.38. The summed E-state index contributed by atoms with van der Waals surface area (Å²) in [4.78, 5) is 14.6. The minimum absolute atomic E-state index is 0.111. The Hall–Kier alpha value is -1.39. The molecule has 0 unspecified atom stereocenters. The first-order chi connectivity index (χ1) is 10.6. The summed E-state index contributed by atoms with van der Waals surface area (Å²) in [5, 5.41) is 3.09. The monoisotopic (exact) mass is 303 g/mol. The summed E-state index contributed by atoms with van der Waals surface area (Å²) in [6, 6.07) is 8.46. The fourth-order valence-corrected chi connectivity index (χ4v) is 3.25. The molecule has 0 spiro atoms. The van der Waals surface area contributed by atoms with E-state index < -0.39 is 0 Å². The highest BCUT2D eigenvalue weighted by Gasteiger charge is 2.31. The molecule has 22 heavy (non-hydrogen) atoms. The van der Waals surface area contributed by atoms with Crippen LogP contribution in [0.4, 0.5) is 0 Å². The summed E-state index contributed by atoms with van der Waals surface area (Å²) in [5.74, 6) is 0.646. The molecule has 0 aromatic heterocycles. The molecule has 0 bridgehead atoms. The summed E-state index contributed by atoms with van der Waals surface area (Å²) in [6.45, 7) is 5.35. The largest absolute Gasteiger partial charge is 0.352 e. The van der Waals surface area contributed by atoms with Crippen LogP contribution >= 0.6 is 0 Å². The first kappa shape index (κ1) is 17.0. The number of nitrogens with two attached hydrogens (primary N) is 1. The van der Waals surface area contributed by atoms with Crippen LogP contribution in [0.25, 0.3) is 0 Å². The third kappa shape index (κ3) is 4.55. The average molecular weight is 303 g/mol. The normalized spacial score (nSPS) is 21.3. The third-order valence-electron chi connectivity index (χ3n) is 4.75. The lowest BCUT2D eigenvalue weighted by atomic mass is 9.95. The van der Waals surface area contributed by atoms with Gasteiger partial charge in [-0.15, -0.1) is 0 Å². The van der Waals surface area contributed by atoms with Crippen LogP contribution in [0.15, 0.2) is 24.3 Å². The summed E-state index contributed by atoms with van der Waals surface area (Å²) in [7, 11) is 2.11. The van der Waals surface area contributed by atoms with Crippen LogP contribution in [0.1, 0.15) is 37.3 Å². The maximum absolute atomic E-state index is 12.3. The zero-order valence-electron chi connectivity index (χ0n) is 13.8. The predicted molar refractivity (Wildman–Crippen MR) is 90.2 cm³/mol. The summed E-state index contributed by atoms with van der Waals surface area (Å²) < 4.78 is 0. The van der Waals surface area contributed by atoms with E-state index in [0.29, 0.717) is 19.0 Å². The van der Waals surface area contributed by atoms with Crippen molar-refractivity contribution in [3.05, 3.63) is 35.4 Å². The smallest absolute Gasteiger partial charge is 0.223 e. The van der Waals surface area contributed by atoms with Gasteiger partial charge in [-0.05, 0) is 50.0 Å². The second-order valence-electron chi connectivity index (χ2n) is 6.40. The highest BCUT2D eigenvalue weighted by molar-refractivity contribution is 5.79. The Bertz CT molecular complexity index is 489. The molecule has 0 heterocycles. The standard InChI is InChI=1S/C18H29N3O/c1-3-21(2)13-15-7-4-6-14(10-15)12-20-18(22)17-9-5-8-16(17)11-19/h4,6-7,10,16-17H,3,5,8-9,11-13,19H2,1-2H3,(H,20,22)/t16-,17-/m1/s1. The van der Waals surface area contributed by atoms with Gasteiger partial charge in [0, 0.05) is 19.0 Å². The fourth-order valence-electron chi connectivity index (χ4n) is 3.25. The molecular formula is C18H29N3O. The van der Waals surface area contributed by atoms with Gasteiger partial charge in [-0.3, -0.25) is 4.79 Å². The predicted octanol–water partition coefficient (Wildman–Crippen LogP) is 2.13. The molecule has 2 rings (SSSR count). The van der Waals surface area contributed by atoms with E-state index in [2.05, 4.69) is 48.5 Å². The number of carbonyl (C=O) groups excluding carboxylic acids is 1. The van der Waals surface area contributed by atoms with Crippen molar-refractivity contribution in [2.75, 3.05) is 20.1 Å². The lowest BCUT2D eigenvalue weighted by Gasteiger charge is -2.18. The lowest BCUT2D eigenvalue weighted by molar-refractivity contribution is -0.126. The van der Waals surface area contributed by atoms with Gasteiger partial charge < -0.3 is 16.0 Å². The van der Waals surface area contributed by atoms with E-state index in [9.17, 15) is 4.79 Å². The minimum atomic E-state index is 0.111. The second-order valence-corrected chi connectivity index (χ2v) is 6.40. The molecular weight excluding hydrogens is 274 g/mol. The Morgan fingerprint density at radius 1 is 1.36 bits per heavy atom. The SMILES string of the molecule is CCN(C)Cc1cccc(CNC(=O)[C@@H]2CCC[C@@H]2CN)c1. The van der Waals surface area contributed by atoms with Crippen LogP contribution in [0, 0.1) is 11.8 Å². The molecule has 0 saturated heterocycles. The van der Waals surface area contributed by atoms with E-state index in [1.54, 1.807) is 0 Å². The highest BCUT2D eigenvalue weighted by Crippen LogP contribution is 2.30. The van der Waals surface area contributed by atoms with Crippen LogP contribution in [0.5, 0.6) is 0 Å². The number of hydrogen-bond donors (Lipinski definition) is 2. The maximum atomic E-state index is 12.3. The molecule has 0 aliphatic heterocycles. The topological polar surface area (TPSA) is 58.4 Å². The van der Waals surface area contributed by atoms with E-state index in [1.165, 1.54) is 5.56 Å². The molecule has 1 aliphatic rings. The van der Waals surface area contributed by atoms with Crippen molar-refractivity contribution in [1.82, 2.24) is 10.2 Å². The lowest BCUT2D eigenvalue weighted by Crippen LogP contribution is -2.34. The van der Waals surface area contributed by atoms with Gasteiger partial charge in [-0.1, -0.05) is 37.6 Å². The average Bonchev–Trinajstić information content (AvgIpc) is 3.01. The Balaban J connectivity index is 1.88. The molecule has 4 nitrogen and oxygen atoms in total. The molecule has 1 aromatic carbocycles. The van der Waals surface area contributed by atoms with Crippen molar-refractivity contribution in [3.8, 4) is 0 Å². The van der Waals surface area contributed by atoms with Crippen molar-refractivity contribution in [2.45, 2.75) is 39.3 Å². The number of amides is 1. The van der Waals surface area contributed by atoms with E-state index in [4.69, 9.17) is 5.73 Å². The molecule has 122 valence electrons. The van der Waals surface area contributed by atoms with Gasteiger partial charge >= 0.3 is 0 Å². The molecule has 1 amide bonds. The third-order valence-corrected chi connectivity index (χ3v) is 4.75. The minimum Gasteiger partial charge on any atom is -0.352 e. The number of nitrogens with zero attached hydrogens (tertiary/aromatic N) is 1. The number of carbonyl (C=O) groups is 1. The Morgan fingerprint density at radius 3 is 2.86 bits per heavy atom. The Labute approximate surface area is 134 Å². The molecule has 1 fully saturated rings. The quantitative estimate of drug-likeness (QED) is 0.811. The molecule has 1 aromatic rings. The molecule has 1 aliphatic carbocycles. The maximum Gasteiger partial charge on any atom is 0.223 e. The van der Waals surface area contributed by atoms with Crippen LogP contribution < -0.4 is 11.1 Å². The van der Waals surface area contributed by atoms with E-state index in [-0.39, 0.29) is 11.8 Å². The van der Waals surface area contributed by atoms with Gasteiger partial charge in [0.25, 0.3) is 0 Å². The van der Waals surface area contributed by atoms with Gasteiger partial charge in [-0.25, -0.2) is 0 Å². The van der Waals surface area contributed by atoms with Crippen molar-refractivity contribution >= 4 is 5.91 Å². The van der Waals surface area contributed by atoms with Crippen LogP contribution in [-0.2, 0) is 17.9 Å². The van der Waals surface area contributed by atoms with E-state index in [1.807, 2.05) is 0 Å². The molecule has 2 atom stereocenters. The van der Waals surface area contributed by atoms with Gasteiger partial charge in [0.05, 0.1) is 0 Å². The van der Waals surface area contributed by atoms with E-state index >= 15 is 0 Å². The van der Waals surface area contributed by atoms with Gasteiger partial charge in [0.1, 0.15) is 0 Å². The molecule has 0 radical (unpaired) electrons. The van der Waals surface area contributed by atoms with Crippen LogP contribution in [-0.4, -0.2) is 30.9 Å². The molecule has 1 saturated carbocycles. The molecule has 4 heteroatoms. The Morgan fingerprint density at radius 2 is 2.14 bits per heavy atom. The van der Waals surface area contributed by atoms with Crippen molar-refractivity contribution < 1.29 is 4.79 Å². The Kier molecular flexibility index (Phi) is 6.40. The van der Waals surface area contributed by atoms with Gasteiger partial charge in [0.15, 0.2) is 0 Å². The van der Waals surface area contributed by atoms with Gasteiger partial charge in [-0.2, -0.15) is 0 Å². The second kappa shape index (κ2) is 8.30. The zero-order chi connectivity index (χ0) is 15.9. The van der Waals surface area contributed by atoms with Crippen LogP contribution in [0.3, 0.4) is 0 Å². The summed E-state index contributed by atoms with van der Waals surface area (Å²) in [6.07, 6.45) is 3.20. The zero-order valence-corrected chi connectivity index (χ0v) is 13.8. The van der Waals surface area contributed by atoms with Crippen molar-refractivity contribution in [3.63, 3.8) is 0 Å². The summed E-state index contributed by atoms with van der Waals surface area (Å²) >= 11 is 0. The number of hydrogen-bond acceptors (Lipinski definition) is 3. The number of rotatable bonds is 7. The van der Waals surface area contributed by atoms with Crippen molar-refractivity contribution in [2.24, 2.45) is 17.6 Å². The first-order valence-electron chi connectivity index (χ1n) is 8.38.